The number of hydrogen-bond acceptors (Lipinski definition) is 2. The Labute approximate surface area is 119 Å². The van der Waals surface area contributed by atoms with Crippen LogP contribution in [0.3, 0.4) is 0 Å². The second-order valence-electron chi connectivity index (χ2n) is 4.53. The lowest BCUT2D eigenvalue weighted by atomic mass is 9.84. The van der Waals surface area contributed by atoms with E-state index in [2.05, 4.69) is 5.32 Å². The van der Waals surface area contributed by atoms with Crippen molar-refractivity contribution in [2.24, 2.45) is 5.73 Å². The van der Waals surface area contributed by atoms with Crippen molar-refractivity contribution in [1.82, 2.24) is 5.32 Å². The number of carbonyl (C=O) groups is 1. The molecule has 0 saturated carbocycles. The number of nitrogens with one attached hydrogen (secondary N) is 1. The Morgan fingerprint density at radius 3 is 2.39 bits per heavy atom. The summed E-state index contributed by atoms with van der Waals surface area (Å²) in [4.78, 5) is 12.0. The van der Waals surface area contributed by atoms with E-state index in [1.165, 1.54) is 0 Å². The molecule has 0 atom stereocenters. The van der Waals surface area contributed by atoms with E-state index >= 15 is 0 Å². The second-order valence-corrected chi connectivity index (χ2v) is 4.97. The van der Waals surface area contributed by atoms with Crippen molar-refractivity contribution < 1.29 is 4.79 Å². The van der Waals surface area contributed by atoms with Crippen LogP contribution < -0.4 is 11.1 Å². The fourth-order valence-corrected chi connectivity index (χ4v) is 1.65. The molecule has 0 bridgehead atoms. The van der Waals surface area contributed by atoms with Crippen LogP contribution in [0, 0.1) is 0 Å². The standard InChI is InChI=1S/C13H19ClN2O.ClH/c1-13(2,12(17)16-9-3-8-15)10-4-6-11(14)7-5-10;/h4-7H,3,8-9,15H2,1-2H3,(H,16,17);1H. The molecule has 5 heteroatoms. The third-order valence-corrected chi connectivity index (χ3v) is 3.05. The highest BCUT2D eigenvalue weighted by atomic mass is 35.5. The summed E-state index contributed by atoms with van der Waals surface area (Å²) in [6.45, 7) is 5.00. The minimum absolute atomic E-state index is 0. The van der Waals surface area contributed by atoms with Crippen molar-refractivity contribution in [2.75, 3.05) is 13.1 Å². The zero-order valence-corrected chi connectivity index (χ0v) is 12.3. The van der Waals surface area contributed by atoms with Gasteiger partial charge in [-0.1, -0.05) is 23.7 Å². The number of benzene rings is 1. The van der Waals surface area contributed by atoms with E-state index in [9.17, 15) is 4.79 Å². The fraction of sp³-hybridized carbons (Fsp3) is 0.462. The molecule has 0 aliphatic heterocycles. The zero-order valence-electron chi connectivity index (χ0n) is 10.7. The van der Waals surface area contributed by atoms with Gasteiger partial charge in [-0.2, -0.15) is 0 Å². The largest absolute Gasteiger partial charge is 0.355 e. The highest BCUT2D eigenvalue weighted by Crippen LogP contribution is 2.24. The molecule has 0 radical (unpaired) electrons. The van der Waals surface area contributed by atoms with Gasteiger partial charge in [-0.25, -0.2) is 0 Å². The molecule has 0 aliphatic rings. The highest BCUT2D eigenvalue weighted by molar-refractivity contribution is 6.30. The van der Waals surface area contributed by atoms with E-state index in [-0.39, 0.29) is 18.3 Å². The quantitative estimate of drug-likeness (QED) is 0.819. The topological polar surface area (TPSA) is 55.1 Å². The molecule has 0 heterocycles. The van der Waals surface area contributed by atoms with Gasteiger partial charge in [0, 0.05) is 11.6 Å². The summed E-state index contributed by atoms with van der Waals surface area (Å²) < 4.78 is 0. The smallest absolute Gasteiger partial charge is 0.230 e. The minimum Gasteiger partial charge on any atom is -0.355 e. The molecule has 1 aromatic carbocycles. The number of hydrogen-bond donors (Lipinski definition) is 2. The highest BCUT2D eigenvalue weighted by Gasteiger charge is 2.29. The first-order valence-corrected chi connectivity index (χ1v) is 6.10. The lowest BCUT2D eigenvalue weighted by molar-refractivity contribution is -0.125. The summed E-state index contributed by atoms with van der Waals surface area (Å²) in [5.74, 6) is 0.00766. The zero-order chi connectivity index (χ0) is 12.9. The first kappa shape index (κ1) is 17.2. The van der Waals surface area contributed by atoms with Crippen molar-refractivity contribution in [3.8, 4) is 0 Å². The molecule has 0 saturated heterocycles. The Balaban J connectivity index is 0.00000289. The second kappa shape index (κ2) is 7.62. The third-order valence-electron chi connectivity index (χ3n) is 2.80. The van der Waals surface area contributed by atoms with Crippen LogP contribution >= 0.6 is 24.0 Å². The molecule has 1 aromatic rings. The molecule has 1 rings (SSSR count). The number of halogens is 2. The van der Waals surface area contributed by atoms with Gasteiger partial charge >= 0.3 is 0 Å². The van der Waals surface area contributed by atoms with Crippen molar-refractivity contribution in [3.05, 3.63) is 34.9 Å². The summed E-state index contributed by atoms with van der Waals surface area (Å²) in [5, 5.41) is 3.56. The van der Waals surface area contributed by atoms with Gasteiger partial charge in [-0.15, -0.1) is 12.4 Å². The van der Waals surface area contributed by atoms with Gasteiger partial charge < -0.3 is 11.1 Å². The molecule has 0 aromatic heterocycles. The molecule has 3 N–H and O–H groups in total. The summed E-state index contributed by atoms with van der Waals surface area (Å²) in [7, 11) is 0. The van der Waals surface area contributed by atoms with Crippen molar-refractivity contribution in [1.29, 1.82) is 0 Å². The van der Waals surface area contributed by atoms with Crippen molar-refractivity contribution in [3.63, 3.8) is 0 Å². The first-order chi connectivity index (χ1) is 7.98. The summed E-state index contributed by atoms with van der Waals surface area (Å²) in [6, 6.07) is 7.35. The molecule has 3 nitrogen and oxygen atoms in total. The van der Waals surface area contributed by atoms with Gasteiger partial charge in [-0.05, 0) is 44.5 Å². The monoisotopic (exact) mass is 290 g/mol. The normalized spacial score (nSPS) is 10.7. The van der Waals surface area contributed by atoms with Crippen LogP contribution in [0.15, 0.2) is 24.3 Å². The van der Waals surface area contributed by atoms with Crippen molar-refractivity contribution >= 4 is 29.9 Å². The molecule has 0 unspecified atom stereocenters. The Morgan fingerprint density at radius 2 is 1.89 bits per heavy atom. The van der Waals surface area contributed by atoms with Crippen LogP contribution in [0.25, 0.3) is 0 Å². The lowest BCUT2D eigenvalue weighted by Gasteiger charge is -2.24. The molecular formula is C13H20Cl2N2O. The number of rotatable bonds is 5. The molecule has 18 heavy (non-hydrogen) atoms. The van der Waals surface area contributed by atoms with E-state index in [0.29, 0.717) is 18.1 Å². The van der Waals surface area contributed by atoms with E-state index in [1.807, 2.05) is 26.0 Å². The van der Waals surface area contributed by atoms with Crippen LogP contribution in [0.5, 0.6) is 0 Å². The van der Waals surface area contributed by atoms with Crippen LogP contribution in [-0.2, 0) is 10.2 Å². The lowest BCUT2D eigenvalue weighted by Crippen LogP contribution is -2.40. The molecule has 0 spiro atoms. The Bertz CT molecular complexity index is 377. The van der Waals surface area contributed by atoms with Gasteiger partial charge in [0.1, 0.15) is 0 Å². The van der Waals surface area contributed by atoms with Gasteiger partial charge in [0.2, 0.25) is 5.91 Å². The molecule has 0 fully saturated rings. The maximum Gasteiger partial charge on any atom is 0.230 e. The molecule has 102 valence electrons. The Morgan fingerprint density at radius 1 is 1.33 bits per heavy atom. The molecule has 0 aliphatic carbocycles. The van der Waals surface area contributed by atoms with E-state index in [4.69, 9.17) is 17.3 Å². The number of amides is 1. The van der Waals surface area contributed by atoms with E-state index in [0.717, 1.165) is 12.0 Å². The fourth-order valence-electron chi connectivity index (χ4n) is 1.52. The average molecular weight is 291 g/mol. The van der Waals surface area contributed by atoms with E-state index in [1.54, 1.807) is 12.1 Å². The van der Waals surface area contributed by atoms with Gasteiger partial charge in [0.25, 0.3) is 0 Å². The summed E-state index contributed by atoms with van der Waals surface area (Å²) in [5.41, 5.74) is 5.78. The van der Waals surface area contributed by atoms with Crippen LogP contribution in [0.2, 0.25) is 5.02 Å². The van der Waals surface area contributed by atoms with Crippen LogP contribution in [0.1, 0.15) is 25.8 Å². The first-order valence-electron chi connectivity index (χ1n) is 5.73. The molecular weight excluding hydrogens is 271 g/mol. The number of carbonyl (C=O) groups excluding carboxylic acids is 1. The van der Waals surface area contributed by atoms with Gasteiger partial charge in [-0.3, -0.25) is 4.79 Å². The maximum absolute atomic E-state index is 12.0. The Hall–Kier alpha value is -0.770. The Kier molecular flexibility index (Phi) is 7.29. The van der Waals surface area contributed by atoms with Crippen molar-refractivity contribution in [2.45, 2.75) is 25.7 Å². The molecule has 1 amide bonds. The third kappa shape index (κ3) is 4.48. The number of nitrogens with two attached hydrogens (primary N) is 1. The van der Waals surface area contributed by atoms with E-state index < -0.39 is 5.41 Å². The van der Waals surface area contributed by atoms with Gasteiger partial charge in [0.15, 0.2) is 0 Å². The summed E-state index contributed by atoms with van der Waals surface area (Å²) >= 11 is 5.83. The predicted octanol–water partition coefficient (Wildman–Crippen LogP) is 2.50. The minimum atomic E-state index is -0.556. The predicted molar refractivity (Wildman–Crippen MR) is 78.4 cm³/mol. The maximum atomic E-state index is 12.0. The average Bonchev–Trinajstić information content (AvgIpc) is 2.29. The SMILES string of the molecule is CC(C)(C(=O)NCCCN)c1ccc(Cl)cc1.Cl. The van der Waals surface area contributed by atoms with Crippen LogP contribution in [0.4, 0.5) is 0 Å². The summed E-state index contributed by atoms with van der Waals surface area (Å²) in [6.07, 6.45) is 0.794. The van der Waals surface area contributed by atoms with Crippen LogP contribution in [-0.4, -0.2) is 19.0 Å². The van der Waals surface area contributed by atoms with Gasteiger partial charge in [0.05, 0.1) is 5.41 Å².